The second kappa shape index (κ2) is 6.83. The molecule has 28 heavy (non-hydrogen) atoms. The van der Waals surface area contributed by atoms with E-state index in [0.717, 1.165) is 22.3 Å². The second-order valence-electron chi connectivity index (χ2n) is 6.85. The lowest BCUT2D eigenvalue weighted by atomic mass is 10.1. The normalized spacial score (nSPS) is 17.3. The molecule has 5 heterocycles. The van der Waals surface area contributed by atoms with Crippen LogP contribution in [-0.4, -0.2) is 54.9 Å². The number of fused-ring (bicyclic) bond motifs is 1. The van der Waals surface area contributed by atoms with E-state index in [-0.39, 0.29) is 12.5 Å². The number of thiophene rings is 1. The minimum atomic E-state index is -0.926. The number of carbonyl (C=O) groups is 1. The van der Waals surface area contributed by atoms with E-state index in [0.29, 0.717) is 29.9 Å². The molecule has 0 bridgehead atoms. The Balaban J connectivity index is 1.44. The average Bonchev–Trinajstić information content (AvgIpc) is 3.46. The summed E-state index contributed by atoms with van der Waals surface area (Å²) in [4.78, 5) is 19.5. The number of rotatable bonds is 3. The number of hydrogen-bond donors (Lipinski definition) is 1. The zero-order valence-electron chi connectivity index (χ0n) is 14.9. The van der Waals surface area contributed by atoms with E-state index in [2.05, 4.69) is 20.3 Å². The Kier molecular flexibility index (Phi) is 4.16. The van der Waals surface area contributed by atoms with Crippen LogP contribution in [0.2, 0.25) is 0 Å². The summed E-state index contributed by atoms with van der Waals surface area (Å²) >= 11 is 1.37. The maximum atomic E-state index is 13.6. The molecule has 142 valence electrons. The van der Waals surface area contributed by atoms with Crippen molar-refractivity contribution in [2.75, 3.05) is 13.1 Å². The largest absolute Gasteiger partial charge is 0.335 e. The lowest BCUT2D eigenvalue weighted by molar-refractivity contribution is 0.0641. The molecule has 1 saturated heterocycles. The summed E-state index contributed by atoms with van der Waals surface area (Å²) in [5.74, 6) is -0.106. The van der Waals surface area contributed by atoms with Gasteiger partial charge in [-0.05, 0) is 29.9 Å². The summed E-state index contributed by atoms with van der Waals surface area (Å²) in [7, 11) is 0. The Bertz CT molecular complexity index is 1130. The molecule has 0 spiro atoms. The van der Waals surface area contributed by atoms with E-state index in [1.165, 1.54) is 11.3 Å². The van der Waals surface area contributed by atoms with E-state index in [4.69, 9.17) is 0 Å². The van der Waals surface area contributed by atoms with Crippen LogP contribution in [0.3, 0.4) is 0 Å². The summed E-state index contributed by atoms with van der Waals surface area (Å²) in [6.45, 7) is 0.794. The molecule has 7 nitrogen and oxygen atoms in total. The number of alkyl halides is 1. The molecule has 1 amide bonds. The molecule has 4 aromatic heterocycles. The van der Waals surface area contributed by atoms with Gasteiger partial charge in [0.2, 0.25) is 0 Å². The average molecular weight is 396 g/mol. The molecule has 1 unspecified atom stereocenters. The fourth-order valence-electron chi connectivity index (χ4n) is 3.49. The predicted octanol–water partition coefficient (Wildman–Crippen LogP) is 3.42. The number of halogens is 1. The molecule has 1 atom stereocenters. The Hall–Kier alpha value is -3.07. The van der Waals surface area contributed by atoms with Crippen molar-refractivity contribution in [1.29, 1.82) is 0 Å². The highest BCUT2D eigenvalue weighted by molar-refractivity contribution is 7.12. The molecular formula is C19H17FN6OS. The fraction of sp³-hybridized carbons (Fsp3) is 0.263. The molecule has 5 rings (SSSR count). The number of H-pyrrole nitrogens is 1. The molecule has 4 aromatic rings. The quantitative estimate of drug-likeness (QED) is 0.575. The Morgan fingerprint density at radius 2 is 2.18 bits per heavy atom. The topological polar surface area (TPSA) is 79.2 Å². The van der Waals surface area contributed by atoms with Crippen LogP contribution in [0.25, 0.3) is 27.9 Å². The summed E-state index contributed by atoms with van der Waals surface area (Å²) < 4.78 is 15.3. The molecule has 0 aliphatic carbocycles. The lowest BCUT2D eigenvalue weighted by Gasteiger charge is -2.28. The van der Waals surface area contributed by atoms with Gasteiger partial charge in [0, 0.05) is 41.8 Å². The fourth-order valence-corrected chi connectivity index (χ4v) is 4.37. The van der Waals surface area contributed by atoms with Crippen LogP contribution in [0.4, 0.5) is 4.39 Å². The van der Waals surface area contributed by atoms with Crippen LogP contribution in [-0.2, 0) is 0 Å². The maximum absolute atomic E-state index is 13.6. The molecule has 0 aromatic carbocycles. The molecule has 0 radical (unpaired) electrons. The number of nitrogens with zero attached hydrogens (tertiary/aromatic N) is 5. The number of aromatic amines is 1. The van der Waals surface area contributed by atoms with E-state index >= 15 is 0 Å². The third-order valence-electron chi connectivity index (χ3n) is 4.96. The zero-order valence-corrected chi connectivity index (χ0v) is 15.7. The molecule has 1 fully saturated rings. The second-order valence-corrected chi connectivity index (χ2v) is 7.76. The van der Waals surface area contributed by atoms with Gasteiger partial charge in [-0.15, -0.1) is 11.3 Å². The maximum Gasteiger partial charge on any atom is 0.264 e. The standard InChI is InChI=1S/C19H17FN6OS/c20-15-2-1-3-25(10-15)19(27)17-4-12(11-28-17)16-8-24-26-9-14(5-21-18(16)26)13-6-22-23-7-13/h4-9,11,15H,1-3,10H2,(H,22,23). The van der Waals surface area contributed by atoms with Crippen molar-refractivity contribution < 1.29 is 9.18 Å². The van der Waals surface area contributed by atoms with Gasteiger partial charge in [0.15, 0.2) is 5.65 Å². The van der Waals surface area contributed by atoms with Crippen molar-refractivity contribution in [1.82, 2.24) is 29.7 Å². The predicted molar refractivity (Wildman–Crippen MR) is 104 cm³/mol. The van der Waals surface area contributed by atoms with Crippen molar-refractivity contribution in [2.24, 2.45) is 0 Å². The first-order chi connectivity index (χ1) is 13.7. The number of piperidine rings is 1. The highest BCUT2D eigenvalue weighted by atomic mass is 32.1. The molecule has 1 N–H and O–H groups in total. The minimum Gasteiger partial charge on any atom is -0.335 e. The van der Waals surface area contributed by atoms with E-state index in [9.17, 15) is 9.18 Å². The first-order valence-electron chi connectivity index (χ1n) is 9.04. The number of hydrogen-bond acceptors (Lipinski definition) is 5. The Morgan fingerprint density at radius 3 is 3.00 bits per heavy atom. The number of carbonyl (C=O) groups excluding carboxylic acids is 1. The van der Waals surface area contributed by atoms with Gasteiger partial charge in [-0.2, -0.15) is 10.2 Å². The van der Waals surface area contributed by atoms with Crippen LogP contribution in [0, 0.1) is 0 Å². The Labute approximate surface area is 163 Å². The molecule has 1 aliphatic rings. The van der Waals surface area contributed by atoms with Gasteiger partial charge < -0.3 is 4.90 Å². The van der Waals surface area contributed by atoms with Crippen LogP contribution < -0.4 is 0 Å². The van der Waals surface area contributed by atoms with Gasteiger partial charge in [-0.1, -0.05) is 0 Å². The van der Waals surface area contributed by atoms with Crippen molar-refractivity contribution in [2.45, 2.75) is 19.0 Å². The summed E-state index contributed by atoms with van der Waals surface area (Å²) in [5, 5.41) is 13.1. The minimum absolute atomic E-state index is 0.106. The van der Waals surface area contributed by atoms with Crippen molar-refractivity contribution in [3.63, 3.8) is 0 Å². The van der Waals surface area contributed by atoms with Gasteiger partial charge >= 0.3 is 0 Å². The molecular weight excluding hydrogens is 379 g/mol. The smallest absolute Gasteiger partial charge is 0.264 e. The van der Waals surface area contributed by atoms with E-state index < -0.39 is 6.17 Å². The van der Waals surface area contributed by atoms with Gasteiger partial charge in [-0.3, -0.25) is 9.89 Å². The highest BCUT2D eigenvalue weighted by Crippen LogP contribution is 2.30. The van der Waals surface area contributed by atoms with Crippen molar-refractivity contribution in [3.8, 4) is 22.3 Å². The first kappa shape index (κ1) is 17.1. The monoisotopic (exact) mass is 396 g/mol. The van der Waals surface area contributed by atoms with Crippen LogP contribution in [0.5, 0.6) is 0 Å². The third kappa shape index (κ3) is 2.97. The summed E-state index contributed by atoms with van der Waals surface area (Å²) in [6, 6.07) is 1.84. The van der Waals surface area contributed by atoms with Gasteiger partial charge in [-0.25, -0.2) is 13.9 Å². The molecule has 9 heteroatoms. The summed E-state index contributed by atoms with van der Waals surface area (Å²) in [5.41, 5.74) is 4.30. The number of likely N-dealkylation sites (tertiary alicyclic amines) is 1. The van der Waals surface area contributed by atoms with Crippen LogP contribution in [0.15, 0.2) is 42.4 Å². The SMILES string of the molecule is O=C(c1cc(-c2cnn3cc(-c4cn[nH]c4)cnc23)cs1)N1CCCC(F)C1. The Morgan fingerprint density at radius 1 is 1.25 bits per heavy atom. The first-order valence-corrected chi connectivity index (χ1v) is 9.92. The van der Waals surface area contributed by atoms with Crippen LogP contribution in [0.1, 0.15) is 22.5 Å². The van der Waals surface area contributed by atoms with E-state index in [1.54, 1.807) is 34.2 Å². The number of amides is 1. The van der Waals surface area contributed by atoms with E-state index in [1.807, 2.05) is 17.6 Å². The molecule has 0 saturated carbocycles. The van der Waals surface area contributed by atoms with Gasteiger partial charge in [0.05, 0.1) is 23.8 Å². The van der Waals surface area contributed by atoms with Crippen LogP contribution >= 0.6 is 11.3 Å². The van der Waals surface area contributed by atoms with Crippen molar-refractivity contribution >= 4 is 22.9 Å². The summed E-state index contributed by atoms with van der Waals surface area (Å²) in [6.07, 6.45) is 9.26. The third-order valence-corrected chi connectivity index (χ3v) is 5.88. The lowest BCUT2D eigenvalue weighted by Crippen LogP contribution is -2.40. The highest BCUT2D eigenvalue weighted by Gasteiger charge is 2.25. The van der Waals surface area contributed by atoms with Gasteiger partial charge in [0.1, 0.15) is 6.17 Å². The molecule has 1 aliphatic heterocycles. The number of aromatic nitrogens is 5. The number of nitrogens with one attached hydrogen (secondary N) is 1. The van der Waals surface area contributed by atoms with Gasteiger partial charge in [0.25, 0.3) is 5.91 Å². The zero-order chi connectivity index (χ0) is 19.1. The van der Waals surface area contributed by atoms with Crippen molar-refractivity contribution in [3.05, 3.63) is 47.3 Å².